The molecule has 2 aromatic rings. The third-order valence-corrected chi connectivity index (χ3v) is 3.90. The van der Waals surface area contributed by atoms with Crippen LogP contribution in [0.25, 0.3) is 0 Å². The largest absolute Gasteiger partial charge is 0.276 e. The number of rotatable bonds is 5. The highest BCUT2D eigenvalue weighted by Crippen LogP contribution is 2.25. The first-order valence-corrected chi connectivity index (χ1v) is 6.50. The van der Waals surface area contributed by atoms with Crippen LogP contribution in [0.1, 0.15) is 27.8 Å². The van der Waals surface area contributed by atoms with Crippen molar-refractivity contribution in [3.05, 3.63) is 39.8 Å². The van der Waals surface area contributed by atoms with E-state index >= 15 is 0 Å². The summed E-state index contributed by atoms with van der Waals surface area (Å²) >= 11 is 1.80. The molecule has 0 aromatic carbocycles. The lowest BCUT2D eigenvalue weighted by Gasteiger charge is -2.13. The molecule has 0 aliphatic rings. The molecule has 0 saturated heterocycles. The summed E-state index contributed by atoms with van der Waals surface area (Å²) in [7, 11) is 1.94. The molecule has 0 amide bonds. The summed E-state index contributed by atoms with van der Waals surface area (Å²) in [5.74, 6) is 5.62. The quantitative estimate of drug-likeness (QED) is 0.630. The Morgan fingerprint density at radius 3 is 2.88 bits per heavy atom. The molecule has 0 bridgehead atoms. The van der Waals surface area contributed by atoms with Crippen LogP contribution in [0.5, 0.6) is 0 Å². The van der Waals surface area contributed by atoms with Crippen LogP contribution in [0.2, 0.25) is 0 Å². The van der Waals surface area contributed by atoms with Gasteiger partial charge in [-0.25, -0.2) is 0 Å². The minimum Gasteiger partial charge on any atom is -0.276 e. The van der Waals surface area contributed by atoms with Crippen LogP contribution in [0.4, 0.5) is 0 Å². The Labute approximate surface area is 105 Å². The monoisotopic (exact) mass is 250 g/mol. The van der Waals surface area contributed by atoms with Gasteiger partial charge in [-0.1, -0.05) is 0 Å². The third kappa shape index (κ3) is 3.15. The van der Waals surface area contributed by atoms with E-state index in [4.69, 9.17) is 5.84 Å². The minimum absolute atomic E-state index is 0.230. The van der Waals surface area contributed by atoms with Crippen molar-refractivity contribution in [2.45, 2.75) is 25.8 Å². The Kier molecular flexibility index (Phi) is 3.93. The van der Waals surface area contributed by atoms with Gasteiger partial charge in [-0.2, -0.15) is 5.10 Å². The first kappa shape index (κ1) is 12.3. The van der Waals surface area contributed by atoms with Crippen LogP contribution in [0.15, 0.2) is 24.5 Å². The highest BCUT2D eigenvalue weighted by Gasteiger charge is 2.12. The average Bonchev–Trinajstić information content (AvgIpc) is 2.89. The topological polar surface area (TPSA) is 55.9 Å². The zero-order valence-corrected chi connectivity index (χ0v) is 11.0. The lowest BCUT2D eigenvalue weighted by molar-refractivity contribution is 0.524. The molecule has 4 nitrogen and oxygen atoms in total. The van der Waals surface area contributed by atoms with E-state index in [9.17, 15) is 0 Å². The average molecular weight is 250 g/mol. The van der Waals surface area contributed by atoms with Crippen molar-refractivity contribution in [2.75, 3.05) is 0 Å². The lowest BCUT2D eigenvalue weighted by atomic mass is 10.1. The Balaban J connectivity index is 1.96. The molecule has 0 aliphatic carbocycles. The summed E-state index contributed by atoms with van der Waals surface area (Å²) in [6, 6.07) is 4.51. The number of hydrogen-bond acceptors (Lipinski definition) is 4. The molecular formula is C12H18N4S. The van der Waals surface area contributed by atoms with E-state index in [1.165, 1.54) is 15.3 Å². The highest BCUT2D eigenvalue weighted by atomic mass is 32.1. The molecular weight excluding hydrogens is 232 g/mol. The molecule has 3 N–H and O–H groups in total. The molecule has 2 heterocycles. The predicted octanol–water partition coefficient (Wildman–Crippen LogP) is 1.93. The molecule has 0 fully saturated rings. The lowest BCUT2D eigenvalue weighted by Crippen LogP contribution is -2.27. The first-order valence-electron chi connectivity index (χ1n) is 5.69. The maximum absolute atomic E-state index is 5.62. The van der Waals surface area contributed by atoms with Crippen LogP contribution in [0.3, 0.4) is 0 Å². The standard InChI is InChI=1S/C12H18N4S/c1-9-3-6-12(17-9)11(15-13)5-4-10-7-14-16(2)8-10/h3,6-8,11,15H,4-5,13H2,1-2H3. The van der Waals surface area contributed by atoms with Gasteiger partial charge >= 0.3 is 0 Å². The SMILES string of the molecule is Cc1ccc(C(CCc2cnn(C)c2)NN)s1. The van der Waals surface area contributed by atoms with E-state index in [-0.39, 0.29) is 6.04 Å². The van der Waals surface area contributed by atoms with Crippen molar-refractivity contribution in [3.63, 3.8) is 0 Å². The van der Waals surface area contributed by atoms with E-state index in [0.29, 0.717) is 0 Å². The number of aryl methyl sites for hydroxylation is 3. The number of thiophene rings is 1. The second-order valence-corrected chi connectivity index (χ2v) is 5.55. The maximum Gasteiger partial charge on any atom is 0.0556 e. The predicted molar refractivity (Wildman–Crippen MR) is 70.6 cm³/mol. The second-order valence-electron chi connectivity index (χ2n) is 4.23. The molecule has 0 radical (unpaired) electrons. The second kappa shape index (κ2) is 5.44. The van der Waals surface area contributed by atoms with Crippen molar-refractivity contribution in [1.29, 1.82) is 0 Å². The molecule has 92 valence electrons. The fourth-order valence-electron chi connectivity index (χ4n) is 1.86. The van der Waals surface area contributed by atoms with E-state index in [2.05, 4.69) is 29.6 Å². The van der Waals surface area contributed by atoms with E-state index in [0.717, 1.165) is 12.8 Å². The summed E-state index contributed by atoms with van der Waals surface area (Å²) in [4.78, 5) is 2.62. The summed E-state index contributed by atoms with van der Waals surface area (Å²) in [5, 5.41) is 4.16. The van der Waals surface area contributed by atoms with Gasteiger partial charge in [-0.3, -0.25) is 16.0 Å². The molecule has 17 heavy (non-hydrogen) atoms. The van der Waals surface area contributed by atoms with Crippen LogP contribution in [-0.2, 0) is 13.5 Å². The molecule has 0 spiro atoms. The van der Waals surface area contributed by atoms with Gasteiger partial charge in [-0.15, -0.1) is 11.3 Å². The zero-order valence-electron chi connectivity index (χ0n) is 10.2. The Bertz CT molecular complexity index is 474. The van der Waals surface area contributed by atoms with Gasteiger partial charge in [0, 0.05) is 23.0 Å². The number of nitrogens with zero attached hydrogens (tertiary/aromatic N) is 2. The molecule has 0 saturated carbocycles. The van der Waals surface area contributed by atoms with Crippen LogP contribution in [0, 0.1) is 6.92 Å². The Hall–Kier alpha value is -1.17. The van der Waals surface area contributed by atoms with Crippen molar-refractivity contribution in [3.8, 4) is 0 Å². The maximum atomic E-state index is 5.62. The number of hydrazine groups is 1. The zero-order chi connectivity index (χ0) is 12.3. The van der Waals surface area contributed by atoms with E-state index in [1.807, 2.05) is 24.1 Å². The van der Waals surface area contributed by atoms with Gasteiger partial charge < -0.3 is 0 Å². The van der Waals surface area contributed by atoms with Gasteiger partial charge in [0.25, 0.3) is 0 Å². The molecule has 2 rings (SSSR count). The Morgan fingerprint density at radius 1 is 1.53 bits per heavy atom. The smallest absolute Gasteiger partial charge is 0.0556 e. The van der Waals surface area contributed by atoms with Crippen molar-refractivity contribution >= 4 is 11.3 Å². The van der Waals surface area contributed by atoms with Gasteiger partial charge in [0.1, 0.15) is 0 Å². The molecule has 2 aromatic heterocycles. The van der Waals surface area contributed by atoms with Gasteiger partial charge in [0.05, 0.1) is 12.2 Å². The summed E-state index contributed by atoms with van der Waals surface area (Å²) < 4.78 is 1.83. The number of aromatic nitrogens is 2. The van der Waals surface area contributed by atoms with Crippen LogP contribution in [-0.4, -0.2) is 9.78 Å². The molecule has 5 heteroatoms. The van der Waals surface area contributed by atoms with Gasteiger partial charge in [0.2, 0.25) is 0 Å². The summed E-state index contributed by atoms with van der Waals surface area (Å²) in [6.07, 6.45) is 5.93. The van der Waals surface area contributed by atoms with Crippen molar-refractivity contribution < 1.29 is 0 Å². The third-order valence-electron chi connectivity index (χ3n) is 2.79. The number of nitrogens with two attached hydrogens (primary N) is 1. The van der Waals surface area contributed by atoms with Gasteiger partial charge in [0.15, 0.2) is 0 Å². The highest BCUT2D eigenvalue weighted by molar-refractivity contribution is 7.12. The fraction of sp³-hybridized carbons (Fsp3) is 0.417. The van der Waals surface area contributed by atoms with E-state index < -0.39 is 0 Å². The summed E-state index contributed by atoms with van der Waals surface area (Å²) in [5.41, 5.74) is 4.14. The molecule has 0 aliphatic heterocycles. The van der Waals surface area contributed by atoms with E-state index in [1.54, 1.807) is 11.3 Å². The minimum atomic E-state index is 0.230. The van der Waals surface area contributed by atoms with Crippen LogP contribution < -0.4 is 11.3 Å². The number of hydrogen-bond donors (Lipinski definition) is 2. The first-order chi connectivity index (χ1) is 8.19. The molecule has 1 unspecified atom stereocenters. The summed E-state index contributed by atoms with van der Waals surface area (Å²) in [6.45, 7) is 2.11. The number of nitrogens with one attached hydrogen (secondary N) is 1. The normalized spacial score (nSPS) is 12.9. The fourth-order valence-corrected chi connectivity index (χ4v) is 2.83. The molecule has 1 atom stereocenters. The van der Waals surface area contributed by atoms with Crippen molar-refractivity contribution in [1.82, 2.24) is 15.2 Å². The Morgan fingerprint density at radius 2 is 2.35 bits per heavy atom. The van der Waals surface area contributed by atoms with Crippen LogP contribution >= 0.6 is 11.3 Å². The van der Waals surface area contributed by atoms with Gasteiger partial charge in [-0.05, 0) is 37.5 Å². The van der Waals surface area contributed by atoms with Crippen molar-refractivity contribution in [2.24, 2.45) is 12.9 Å².